The lowest BCUT2D eigenvalue weighted by molar-refractivity contribution is -0.130. The first kappa shape index (κ1) is 15.0. The summed E-state index contributed by atoms with van der Waals surface area (Å²) in [4.78, 5) is 24.6. The highest BCUT2D eigenvalue weighted by molar-refractivity contribution is 5.92. The average Bonchev–Trinajstić information content (AvgIpc) is 2.66. The number of nitrogens with zero attached hydrogens (tertiary/aromatic N) is 3. The molecule has 1 aromatic heterocycles. The molecule has 7 nitrogen and oxygen atoms in total. The van der Waals surface area contributed by atoms with Crippen LogP contribution in [0.5, 0.6) is 5.88 Å². The van der Waals surface area contributed by atoms with Crippen LogP contribution in [0.2, 0.25) is 0 Å². The summed E-state index contributed by atoms with van der Waals surface area (Å²) >= 11 is 0. The molecule has 0 saturated heterocycles. The fraction of sp³-hybridized carbons (Fsp3) is 0.583. The van der Waals surface area contributed by atoms with E-state index < -0.39 is 0 Å². The smallest absolute Gasteiger partial charge is 0.272 e. The molecule has 0 atom stereocenters. The van der Waals surface area contributed by atoms with Crippen LogP contribution in [0.4, 0.5) is 0 Å². The van der Waals surface area contributed by atoms with Crippen LogP contribution in [0, 0.1) is 0 Å². The highest BCUT2D eigenvalue weighted by Crippen LogP contribution is 2.12. The molecule has 0 unspecified atom stereocenters. The van der Waals surface area contributed by atoms with Crippen LogP contribution < -0.4 is 10.1 Å². The quantitative estimate of drug-likeness (QED) is 0.817. The summed E-state index contributed by atoms with van der Waals surface area (Å²) in [5.41, 5.74) is 0.267. The molecule has 2 amide bonds. The van der Waals surface area contributed by atoms with Crippen molar-refractivity contribution in [1.82, 2.24) is 20.0 Å². The van der Waals surface area contributed by atoms with Crippen LogP contribution in [0.15, 0.2) is 6.07 Å². The molecule has 1 heterocycles. The molecule has 0 saturated carbocycles. The van der Waals surface area contributed by atoms with Gasteiger partial charge in [-0.15, -0.1) is 0 Å². The Labute approximate surface area is 112 Å². The normalized spacial score (nSPS) is 10.4. The molecule has 0 radical (unpaired) electrons. The summed E-state index contributed by atoms with van der Waals surface area (Å²) < 4.78 is 6.75. The van der Waals surface area contributed by atoms with Crippen molar-refractivity contribution in [2.45, 2.75) is 19.9 Å². The highest BCUT2D eigenvalue weighted by Gasteiger charge is 2.15. The predicted molar refractivity (Wildman–Crippen MR) is 70.0 cm³/mol. The number of hydrogen-bond donors (Lipinski definition) is 1. The van der Waals surface area contributed by atoms with Crippen molar-refractivity contribution in [2.24, 2.45) is 7.05 Å². The zero-order valence-electron chi connectivity index (χ0n) is 11.9. The second kappa shape index (κ2) is 6.21. The number of hydrogen-bond acceptors (Lipinski definition) is 4. The van der Waals surface area contributed by atoms with Crippen molar-refractivity contribution in [3.05, 3.63) is 11.8 Å². The maximum Gasteiger partial charge on any atom is 0.272 e. The standard InChI is InChI=1S/C12H20N4O3/c1-8(2)13-12(18)9-6-11(16(5)14-9)19-7-10(17)15(3)4/h6,8H,7H2,1-5H3,(H,13,18). The summed E-state index contributed by atoms with van der Waals surface area (Å²) in [7, 11) is 4.95. The molecule has 0 fully saturated rings. The van der Waals surface area contributed by atoms with E-state index in [1.54, 1.807) is 21.1 Å². The number of nitrogens with one attached hydrogen (secondary N) is 1. The average molecular weight is 268 g/mol. The second-order valence-corrected chi connectivity index (χ2v) is 4.70. The van der Waals surface area contributed by atoms with Gasteiger partial charge in [-0.1, -0.05) is 0 Å². The van der Waals surface area contributed by atoms with E-state index in [-0.39, 0.29) is 30.2 Å². The number of ether oxygens (including phenoxy) is 1. The molecule has 1 N–H and O–H groups in total. The minimum atomic E-state index is -0.264. The van der Waals surface area contributed by atoms with Gasteiger partial charge in [-0.25, -0.2) is 4.68 Å². The van der Waals surface area contributed by atoms with Crippen molar-refractivity contribution in [3.8, 4) is 5.88 Å². The monoisotopic (exact) mass is 268 g/mol. The Kier molecular flexibility index (Phi) is 4.91. The fourth-order valence-corrected chi connectivity index (χ4v) is 1.30. The van der Waals surface area contributed by atoms with Gasteiger partial charge in [0.15, 0.2) is 12.3 Å². The van der Waals surface area contributed by atoms with Crippen molar-refractivity contribution in [3.63, 3.8) is 0 Å². The predicted octanol–water partition coefficient (Wildman–Crippen LogP) is 0.0253. The van der Waals surface area contributed by atoms with E-state index in [1.807, 2.05) is 13.8 Å². The Morgan fingerprint density at radius 3 is 2.63 bits per heavy atom. The van der Waals surface area contributed by atoms with Crippen LogP contribution in [0.25, 0.3) is 0 Å². The van der Waals surface area contributed by atoms with Gasteiger partial charge in [-0.05, 0) is 13.8 Å². The van der Waals surface area contributed by atoms with Gasteiger partial charge in [-0.2, -0.15) is 5.10 Å². The lowest BCUT2D eigenvalue weighted by Crippen LogP contribution is -2.30. The lowest BCUT2D eigenvalue weighted by atomic mass is 10.3. The van der Waals surface area contributed by atoms with Crippen LogP contribution in [-0.2, 0) is 11.8 Å². The van der Waals surface area contributed by atoms with E-state index in [0.717, 1.165) is 0 Å². The zero-order valence-corrected chi connectivity index (χ0v) is 11.9. The summed E-state index contributed by atoms with van der Waals surface area (Å²) in [5.74, 6) is -0.0436. The first-order valence-electron chi connectivity index (χ1n) is 5.99. The van der Waals surface area contributed by atoms with E-state index in [2.05, 4.69) is 10.4 Å². The molecule has 0 bridgehead atoms. The second-order valence-electron chi connectivity index (χ2n) is 4.70. The largest absolute Gasteiger partial charge is 0.468 e. The number of aryl methyl sites for hydroxylation is 1. The minimum Gasteiger partial charge on any atom is -0.468 e. The Balaban J connectivity index is 2.69. The maximum atomic E-state index is 11.7. The van der Waals surface area contributed by atoms with Crippen molar-refractivity contribution in [1.29, 1.82) is 0 Å². The van der Waals surface area contributed by atoms with Gasteiger partial charge < -0.3 is 15.0 Å². The summed E-state index contributed by atoms with van der Waals surface area (Å²) in [6, 6.07) is 1.55. The number of likely N-dealkylation sites (N-methyl/N-ethyl adjacent to an activating group) is 1. The molecule has 106 valence electrons. The maximum absolute atomic E-state index is 11.7. The summed E-state index contributed by atoms with van der Waals surface area (Å²) in [6.45, 7) is 3.65. The first-order chi connectivity index (χ1) is 8.81. The fourth-order valence-electron chi connectivity index (χ4n) is 1.30. The van der Waals surface area contributed by atoms with Crippen molar-refractivity contribution >= 4 is 11.8 Å². The molecule has 19 heavy (non-hydrogen) atoms. The van der Waals surface area contributed by atoms with Crippen LogP contribution in [0.3, 0.4) is 0 Å². The van der Waals surface area contributed by atoms with Crippen LogP contribution >= 0.6 is 0 Å². The van der Waals surface area contributed by atoms with Gasteiger partial charge >= 0.3 is 0 Å². The van der Waals surface area contributed by atoms with E-state index in [4.69, 9.17) is 4.74 Å². The van der Waals surface area contributed by atoms with E-state index >= 15 is 0 Å². The summed E-state index contributed by atoms with van der Waals surface area (Å²) in [6.07, 6.45) is 0. The Hall–Kier alpha value is -2.05. The molecule has 0 aliphatic heterocycles. The topological polar surface area (TPSA) is 76.5 Å². The molecule has 7 heteroatoms. The zero-order chi connectivity index (χ0) is 14.6. The molecule has 1 rings (SSSR count). The van der Waals surface area contributed by atoms with Gasteiger partial charge in [0.25, 0.3) is 11.8 Å². The molecule has 1 aromatic rings. The lowest BCUT2D eigenvalue weighted by Gasteiger charge is -2.10. The van der Waals surface area contributed by atoms with Crippen molar-refractivity contribution in [2.75, 3.05) is 20.7 Å². The third kappa shape index (κ3) is 4.27. The van der Waals surface area contributed by atoms with E-state index in [1.165, 1.54) is 15.6 Å². The van der Waals surface area contributed by atoms with Gasteiger partial charge in [0.1, 0.15) is 0 Å². The van der Waals surface area contributed by atoms with Gasteiger partial charge in [0.05, 0.1) is 0 Å². The van der Waals surface area contributed by atoms with E-state index in [9.17, 15) is 9.59 Å². The highest BCUT2D eigenvalue weighted by atomic mass is 16.5. The number of aromatic nitrogens is 2. The SMILES string of the molecule is CC(C)NC(=O)c1cc(OCC(=O)N(C)C)n(C)n1. The molecular weight excluding hydrogens is 248 g/mol. The van der Waals surface area contributed by atoms with Crippen LogP contribution in [0.1, 0.15) is 24.3 Å². The number of carbonyl (C=O) groups is 2. The molecule has 0 spiro atoms. The summed E-state index contributed by atoms with van der Waals surface area (Å²) in [5, 5.41) is 6.78. The number of rotatable bonds is 5. The number of carbonyl (C=O) groups excluding carboxylic acids is 2. The van der Waals surface area contributed by atoms with Gasteiger partial charge in [0.2, 0.25) is 5.88 Å². The Morgan fingerprint density at radius 2 is 2.11 bits per heavy atom. The van der Waals surface area contributed by atoms with Gasteiger partial charge in [0, 0.05) is 33.3 Å². The molecular formula is C12H20N4O3. The molecule has 0 aliphatic carbocycles. The molecule has 0 aromatic carbocycles. The number of amides is 2. The van der Waals surface area contributed by atoms with Crippen LogP contribution in [-0.4, -0.2) is 53.2 Å². The Bertz CT molecular complexity index is 466. The Morgan fingerprint density at radius 1 is 1.47 bits per heavy atom. The van der Waals surface area contributed by atoms with Gasteiger partial charge in [-0.3, -0.25) is 9.59 Å². The third-order valence-corrected chi connectivity index (χ3v) is 2.33. The minimum absolute atomic E-state index is 0.0363. The molecule has 0 aliphatic rings. The first-order valence-corrected chi connectivity index (χ1v) is 5.99. The van der Waals surface area contributed by atoms with Crippen molar-refractivity contribution < 1.29 is 14.3 Å². The third-order valence-electron chi connectivity index (χ3n) is 2.33. The van der Waals surface area contributed by atoms with E-state index in [0.29, 0.717) is 5.88 Å².